The van der Waals surface area contributed by atoms with E-state index in [0.717, 1.165) is 78.6 Å². The van der Waals surface area contributed by atoms with Crippen LogP contribution in [0, 0.1) is 13.8 Å². The van der Waals surface area contributed by atoms with Crippen LogP contribution in [0.3, 0.4) is 0 Å². The number of benzene rings is 14. The third kappa shape index (κ3) is 8.74. The summed E-state index contributed by atoms with van der Waals surface area (Å²) >= 11 is 0. The summed E-state index contributed by atoms with van der Waals surface area (Å²) in [6, 6.07) is 112. The molecule has 0 unspecified atom stereocenters. The average Bonchev–Trinajstić information content (AvgIpc) is 3.71. The summed E-state index contributed by atoms with van der Waals surface area (Å²) in [5.41, 5.74) is 23.0. The molecule has 80 heavy (non-hydrogen) atoms. The molecule has 0 aliphatic rings. The van der Waals surface area contributed by atoms with Crippen LogP contribution in [-0.4, -0.2) is 0 Å². The maximum atomic E-state index is 2.55. The Morgan fingerprint density at radius 1 is 0.200 bits per heavy atom. The van der Waals surface area contributed by atoms with Gasteiger partial charge < -0.3 is 9.80 Å². The van der Waals surface area contributed by atoms with Gasteiger partial charge in [-0.1, -0.05) is 267 Å². The topological polar surface area (TPSA) is 6.48 Å². The second-order valence-corrected chi connectivity index (χ2v) is 20.9. The van der Waals surface area contributed by atoms with Crippen molar-refractivity contribution in [1.29, 1.82) is 0 Å². The van der Waals surface area contributed by atoms with Crippen molar-refractivity contribution < 1.29 is 0 Å². The molecule has 0 radical (unpaired) electrons. The second-order valence-electron chi connectivity index (χ2n) is 20.9. The van der Waals surface area contributed by atoms with Gasteiger partial charge in [-0.05, 0) is 139 Å². The maximum Gasteiger partial charge on any atom is 0.0546 e. The molecule has 378 valence electrons. The molecular formula is C78H56N2. The molecule has 0 spiro atoms. The van der Waals surface area contributed by atoms with E-state index in [0.29, 0.717) is 0 Å². The molecule has 0 bridgehead atoms. The van der Waals surface area contributed by atoms with Crippen LogP contribution in [0.4, 0.5) is 34.1 Å². The minimum absolute atomic E-state index is 1.10. The van der Waals surface area contributed by atoms with Crippen LogP contribution < -0.4 is 9.80 Å². The van der Waals surface area contributed by atoms with E-state index in [4.69, 9.17) is 0 Å². The van der Waals surface area contributed by atoms with Crippen LogP contribution in [0.2, 0.25) is 0 Å². The van der Waals surface area contributed by atoms with Crippen LogP contribution in [0.5, 0.6) is 0 Å². The molecule has 14 aromatic carbocycles. The van der Waals surface area contributed by atoms with Crippen LogP contribution in [0.25, 0.3) is 99.1 Å². The lowest BCUT2D eigenvalue weighted by Crippen LogP contribution is -2.14. The lowest BCUT2D eigenvalue weighted by molar-refractivity contribution is 1.26. The number of hydrogen-bond acceptors (Lipinski definition) is 2. The first kappa shape index (κ1) is 48.1. The van der Waals surface area contributed by atoms with Gasteiger partial charge in [-0.25, -0.2) is 0 Å². The Hall–Kier alpha value is -10.3. The summed E-state index contributed by atoms with van der Waals surface area (Å²) in [7, 11) is 0. The average molecular weight is 1020 g/mol. The zero-order valence-corrected chi connectivity index (χ0v) is 44.8. The number of anilines is 6. The highest BCUT2D eigenvalue weighted by Crippen LogP contribution is 2.52. The highest BCUT2D eigenvalue weighted by Gasteiger charge is 2.27. The number of aryl methyl sites for hydroxylation is 2. The first-order chi connectivity index (χ1) is 39.5. The van der Waals surface area contributed by atoms with E-state index in [1.54, 1.807) is 0 Å². The largest absolute Gasteiger partial charge is 0.309 e. The van der Waals surface area contributed by atoms with Gasteiger partial charge in [0.1, 0.15) is 0 Å². The Balaban J connectivity index is 1.06. The van der Waals surface area contributed by atoms with Gasteiger partial charge in [-0.3, -0.25) is 0 Å². The summed E-state index contributed by atoms with van der Waals surface area (Å²) in [4.78, 5) is 5.10. The lowest BCUT2D eigenvalue weighted by atomic mass is 9.90. The van der Waals surface area contributed by atoms with Crippen molar-refractivity contribution in [3.05, 3.63) is 314 Å². The van der Waals surface area contributed by atoms with E-state index in [2.05, 4.69) is 327 Å². The van der Waals surface area contributed by atoms with Gasteiger partial charge >= 0.3 is 0 Å². The van der Waals surface area contributed by atoms with E-state index >= 15 is 0 Å². The van der Waals surface area contributed by atoms with E-state index in [9.17, 15) is 0 Å². The highest BCUT2D eigenvalue weighted by molar-refractivity contribution is 6.28. The summed E-state index contributed by atoms with van der Waals surface area (Å²) in [5, 5.41) is 7.21. The fraction of sp³-hybridized carbons (Fsp3) is 0.0256. The van der Waals surface area contributed by atoms with Gasteiger partial charge in [0.15, 0.2) is 0 Å². The van der Waals surface area contributed by atoms with Gasteiger partial charge in [0.2, 0.25) is 0 Å². The van der Waals surface area contributed by atoms with Crippen LogP contribution in [0.1, 0.15) is 11.1 Å². The predicted octanol–water partition coefficient (Wildman–Crippen LogP) is 22.1. The smallest absolute Gasteiger partial charge is 0.0546 e. The molecule has 0 aromatic heterocycles. The van der Waals surface area contributed by atoms with E-state index in [1.165, 1.54) is 65.7 Å². The van der Waals surface area contributed by atoms with Crippen molar-refractivity contribution in [3.63, 3.8) is 0 Å². The SMILES string of the molecule is Cc1ccc(-c2ccccc2)cc1N(c1cc(-c2ccccc2)ccc1-c1ccccc1)c1ccc2ccc3c(N(c4cc(-c5ccccc5)ccc4C)c4cc(-c5ccccc5)ccc4-c4ccccc4)ccc4ccc1c2c43. The monoisotopic (exact) mass is 1020 g/mol. The number of rotatable bonds is 12. The van der Waals surface area contributed by atoms with Crippen molar-refractivity contribution in [3.8, 4) is 66.8 Å². The van der Waals surface area contributed by atoms with E-state index < -0.39 is 0 Å². The molecule has 0 saturated carbocycles. The highest BCUT2D eigenvalue weighted by atomic mass is 15.2. The quantitative estimate of drug-likeness (QED) is 0.113. The molecule has 0 aliphatic carbocycles. The summed E-state index contributed by atoms with van der Waals surface area (Å²) < 4.78 is 0. The standard InChI is InChI=1S/C78H56N2/c1-53-33-35-63(55-21-9-3-10-22-55)49-73(53)79(75-51-65(57-25-13-5-14-26-57)39-43-67(75)59-29-17-7-18-30-59)71-47-41-61-38-46-70-72(48-42-62-37-45-69(71)77(61)78(62)70)80(74-50-64(36-34-54(74)2)56-23-11-4-12-24-56)76-52-66(58-27-15-6-16-28-58)40-44-68(76)60-31-19-8-20-32-60/h3-52H,1-2H3. The fourth-order valence-electron chi connectivity index (χ4n) is 12.0. The first-order valence-electron chi connectivity index (χ1n) is 27.7. The van der Waals surface area contributed by atoms with Crippen LogP contribution >= 0.6 is 0 Å². The van der Waals surface area contributed by atoms with Crippen LogP contribution in [0.15, 0.2) is 303 Å². The zero-order chi connectivity index (χ0) is 53.5. The first-order valence-corrected chi connectivity index (χ1v) is 27.7. The maximum absolute atomic E-state index is 2.55. The Bertz CT molecular complexity index is 4220. The van der Waals surface area contributed by atoms with E-state index in [1.807, 2.05) is 0 Å². The molecule has 0 atom stereocenters. The van der Waals surface area contributed by atoms with Gasteiger partial charge in [-0.2, -0.15) is 0 Å². The van der Waals surface area contributed by atoms with Crippen molar-refractivity contribution in [2.45, 2.75) is 13.8 Å². The molecule has 0 N–H and O–H groups in total. The summed E-state index contributed by atoms with van der Waals surface area (Å²) in [5.74, 6) is 0. The lowest BCUT2D eigenvalue weighted by Gasteiger charge is -2.33. The molecule has 0 heterocycles. The molecule has 2 heteroatoms. The molecular weight excluding hydrogens is 965 g/mol. The summed E-state index contributed by atoms with van der Waals surface area (Å²) in [6.45, 7) is 4.50. The second kappa shape index (κ2) is 20.6. The van der Waals surface area contributed by atoms with Gasteiger partial charge in [-0.15, -0.1) is 0 Å². The predicted molar refractivity (Wildman–Crippen MR) is 342 cm³/mol. The number of hydrogen-bond donors (Lipinski definition) is 0. The molecule has 0 amide bonds. The molecule has 0 fully saturated rings. The minimum atomic E-state index is 1.10. The Labute approximate surface area is 468 Å². The third-order valence-electron chi connectivity index (χ3n) is 16.1. The summed E-state index contributed by atoms with van der Waals surface area (Å²) in [6.07, 6.45) is 0. The minimum Gasteiger partial charge on any atom is -0.309 e. The van der Waals surface area contributed by atoms with Gasteiger partial charge in [0, 0.05) is 33.3 Å². The Morgan fingerprint density at radius 3 is 0.800 bits per heavy atom. The third-order valence-corrected chi connectivity index (χ3v) is 16.1. The number of nitrogens with zero attached hydrogens (tertiary/aromatic N) is 2. The normalized spacial score (nSPS) is 11.4. The molecule has 0 saturated heterocycles. The van der Waals surface area contributed by atoms with Crippen molar-refractivity contribution >= 4 is 66.4 Å². The van der Waals surface area contributed by atoms with E-state index in [-0.39, 0.29) is 0 Å². The van der Waals surface area contributed by atoms with Crippen molar-refractivity contribution in [2.24, 2.45) is 0 Å². The molecule has 14 rings (SSSR count). The van der Waals surface area contributed by atoms with Gasteiger partial charge in [0.25, 0.3) is 0 Å². The van der Waals surface area contributed by atoms with Gasteiger partial charge in [0.05, 0.1) is 22.7 Å². The molecule has 0 aliphatic heterocycles. The molecule has 14 aromatic rings. The van der Waals surface area contributed by atoms with Crippen molar-refractivity contribution in [1.82, 2.24) is 0 Å². The molecule has 2 nitrogen and oxygen atoms in total. The fourth-order valence-corrected chi connectivity index (χ4v) is 12.0. The Kier molecular flexibility index (Phi) is 12.4. The Morgan fingerprint density at radius 2 is 0.475 bits per heavy atom. The van der Waals surface area contributed by atoms with Crippen LogP contribution in [-0.2, 0) is 0 Å². The zero-order valence-electron chi connectivity index (χ0n) is 44.8. The van der Waals surface area contributed by atoms with Crippen molar-refractivity contribution in [2.75, 3.05) is 9.80 Å².